The van der Waals surface area contributed by atoms with E-state index in [0.29, 0.717) is 11.0 Å². The van der Waals surface area contributed by atoms with Gasteiger partial charge in [-0.2, -0.15) is 0 Å². The summed E-state index contributed by atoms with van der Waals surface area (Å²) in [7, 11) is 0. The number of hydrogen-bond donors (Lipinski definition) is 3. The Bertz CT molecular complexity index is 1010. The first-order valence-corrected chi connectivity index (χ1v) is 9.18. The Morgan fingerprint density at radius 2 is 1.86 bits per heavy atom. The molecule has 0 atom stereocenters. The van der Waals surface area contributed by atoms with Crippen molar-refractivity contribution in [1.82, 2.24) is 20.2 Å². The summed E-state index contributed by atoms with van der Waals surface area (Å²) in [5.41, 5.74) is 1.87. The molecule has 1 heterocycles. The molecule has 0 radical (unpaired) electrons. The number of thioether (sulfide) groups is 1. The lowest BCUT2D eigenvalue weighted by Gasteiger charge is -2.07. The van der Waals surface area contributed by atoms with Crippen LogP contribution in [0, 0.1) is 12.7 Å². The number of carbonyl (C=O) groups is 2. The molecule has 2 aromatic carbocycles. The van der Waals surface area contributed by atoms with Crippen LogP contribution in [0.25, 0.3) is 11.4 Å². The fraction of sp³-hybridized carbons (Fsp3) is 0.111. The number of halogens is 1. The number of imide groups is 1. The van der Waals surface area contributed by atoms with Crippen molar-refractivity contribution >= 4 is 29.4 Å². The second-order valence-electron chi connectivity index (χ2n) is 5.81. The second kappa shape index (κ2) is 8.53. The van der Waals surface area contributed by atoms with Crippen LogP contribution in [-0.4, -0.2) is 32.6 Å². The van der Waals surface area contributed by atoms with Gasteiger partial charge in [-0.1, -0.05) is 53.7 Å². The molecule has 0 aliphatic heterocycles. The predicted molar refractivity (Wildman–Crippen MR) is 105 cm³/mol. The summed E-state index contributed by atoms with van der Waals surface area (Å²) in [5.74, 6) is 5.16. The summed E-state index contributed by atoms with van der Waals surface area (Å²) in [4.78, 5) is 23.7. The molecule has 0 aliphatic rings. The summed E-state index contributed by atoms with van der Waals surface area (Å²) < 4.78 is 14.8. The molecule has 0 unspecified atom stereocenters. The molecule has 10 heteroatoms. The van der Waals surface area contributed by atoms with Crippen molar-refractivity contribution in [3.8, 4) is 11.4 Å². The topological polar surface area (TPSA) is 115 Å². The van der Waals surface area contributed by atoms with Gasteiger partial charge in [0.05, 0.1) is 11.4 Å². The fourth-order valence-corrected chi connectivity index (χ4v) is 2.94. The number of urea groups is 1. The lowest BCUT2D eigenvalue weighted by Crippen LogP contribution is -2.35. The van der Waals surface area contributed by atoms with E-state index in [1.54, 1.807) is 6.07 Å². The summed E-state index contributed by atoms with van der Waals surface area (Å²) in [6.07, 6.45) is 0. The number of anilines is 1. The average Bonchev–Trinajstić information content (AvgIpc) is 3.03. The average molecular weight is 400 g/mol. The molecule has 3 aromatic rings. The van der Waals surface area contributed by atoms with Gasteiger partial charge in [-0.15, -0.1) is 10.2 Å². The molecule has 0 fully saturated rings. The van der Waals surface area contributed by atoms with E-state index in [1.165, 1.54) is 22.9 Å². The van der Waals surface area contributed by atoms with Gasteiger partial charge < -0.3 is 11.2 Å². The number of aromatic nitrogens is 3. The van der Waals surface area contributed by atoms with Gasteiger partial charge in [0.1, 0.15) is 5.82 Å². The quantitative estimate of drug-likeness (QED) is 0.448. The maximum Gasteiger partial charge on any atom is 0.325 e. The first kappa shape index (κ1) is 19.4. The number of nitrogens with one attached hydrogen (secondary N) is 2. The number of para-hydroxylation sites is 1. The smallest absolute Gasteiger partial charge is 0.325 e. The van der Waals surface area contributed by atoms with Crippen LogP contribution >= 0.6 is 11.8 Å². The highest BCUT2D eigenvalue weighted by atomic mass is 32.2. The second-order valence-corrected chi connectivity index (χ2v) is 6.76. The number of nitrogens with zero attached hydrogens (tertiary/aromatic N) is 3. The van der Waals surface area contributed by atoms with Crippen LogP contribution in [0.15, 0.2) is 53.7 Å². The van der Waals surface area contributed by atoms with Crippen molar-refractivity contribution in [3.05, 3.63) is 59.9 Å². The van der Waals surface area contributed by atoms with Crippen molar-refractivity contribution < 1.29 is 14.0 Å². The molecule has 3 rings (SSSR count). The van der Waals surface area contributed by atoms with E-state index in [1.807, 2.05) is 31.2 Å². The Morgan fingerprint density at radius 3 is 2.57 bits per heavy atom. The SMILES string of the molecule is Cc1ccc(-c2nnc(SCC(=O)NC(=O)Nc3ccccc3F)n2N)cc1. The molecule has 0 saturated heterocycles. The Labute approximate surface area is 164 Å². The van der Waals surface area contributed by atoms with E-state index in [9.17, 15) is 14.0 Å². The first-order chi connectivity index (χ1) is 13.4. The molecule has 0 aliphatic carbocycles. The van der Waals surface area contributed by atoms with Crippen LogP contribution in [0.3, 0.4) is 0 Å². The number of aryl methyl sites for hydroxylation is 1. The van der Waals surface area contributed by atoms with Crippen LogP contribution in [0.4, 0.5) is 14.9 Å². The maximum atomic E-state index is 13.5. The molecule has 144 valence electrons. The fourth-order valence-electron chi connectivity index (χ4n) is 2.28. The molecule has 0 bridgehead atoms. The molecule has 3 amide bonds. The van der Waals surface area contributed by atoms with E-state index < -0.39 is 17.8 Å². The number of nitrogen functional groups attached to an aromatic ring is 1. The van der Waals surface area contributed by atoms with Gasteiger partial charge in [-0.05, 0) is 19.1 Å². The molecule has 4 N–H and O–H groups in total. The van der Waals surface area contributed by atoms with Gasteiger partial charge >= 0.3 is 6.03 Å². The minimum absolute atomic E-state index is 0.0232. The van der Waals surface area contributed by atoms with Crippen molar-refractivity contribution in [3.63, 3.8) is 0 Å². The van der Waals surface area contributed by atoms with Gasteiger partial charge in [-0.3, -0.25) is 10.1 Å². The number of carbonyl (C=O) groups excluding carboxylic acids is 2. The highest BCUT2D eigenvalue weighted by molar-refractivity contribution is 7.99. The molecule has 1 aromatic heterocycles. The zero-order valence-corrected chi connectivity index (χ0v) is 15.7. The minimum atomic E-state index is -0.828. The standard InChI is InChI=1S/C18H17FN6O2S/c1-11-6-8-12(9-7-11)16-23-24-18(25(16)20)28-10-15(26)22-17(27)21-14-5-3-2-4-13(14)19/h2-9H,10,20H2,1H3,(H2,21,22,26,27). The van der Waals surface area contributed by atoms with Gasteiger partial charge in [0.2, 0.25) is 11.1 Å². The summed E-state index contributed by atoms with van der Waals surface area (Å²) >= 11 is 1.02. The third-order valence-electron chi connectivity index (χ3n) is 3.68. The molecule has 0 saturated carbocycles. The van der Waals surface area contributed by atoms with Crippen molar-refractivity contribution in [2.45, 2.75) is 12.1 Å². The highest BCUT2D eigenvalue weighted by Crippen LogP contribution is 2.21. The van der Waals surface area contributed by atoms with Gasteiger partial charge in [0, 0.05) is 5.56 Å². The zero-order chi connectivity index (χ0) is 20.1. The Hall–Kier alpha value is -3.40. The monoisotopic (exact) mass is 400 g/mol. The third-order valence-corrected chi connectivity index (χ3v) is 4.62. The molecular weight excluding hydrogens is 383 g/mol. The molecule has 0 spiro atoms. The molecular formula is C18H17FN6O2S. The van der Waals surface area contributed by atoms with Gasteiger partial charge in [0.25, 0.3) is 0 Å². The van der Waals surface area contributed by atoms with E-state index >= 15 is 0 Å². The summed E-state index contributed by atoms with van der Waals surface area (Å²) in [6, 6.07) is 12.4. The minimum Gasteiger partial charge on any atom is -0.335 e. The number of rotatable bonds is 5. The van der Waals surface area contributed by atoms with E-state index in [-0.39, 0.29) is 11.4 Å². The van der Waals surface area contributed by atoms with Gasteiger partial charge in [-0.25, -0.2) is 13.9 Å². The van der Waals surface area contributed by atoms with Crippen LogP contribution < -0.4 is 16.5 Å². The third kappa shape index (κ3) is 4.65. The number of amides is 3. The largest absolute Gasteiger partial charge is 0.335 e. The van der Waals surface area contributed by atoms with Crippen LogP contribution in [0.2, 0.25) is 0 Å². The number of nitrogens with two attached hydrogens (primary N) is 1. The van der Waals surface area contributed by atoms with Crippen molar-refractivity contribution in [2.24, 2.45) is 0 Å². The summed E-state index contributed by atoms with van der Waals surface area (Å²) in [6.45, 7) is 1.97. The summed E-state index contributed by atoms with van der Waals surface area (Å²) in [5, 5.41) is 12.7. The van der Waals surface area contributed by atoms with Gasteiger partial charge in [0.15, 0.2) is 5.82 Å². The normalized spacial score (nSPS) is 10.5. The Morgan fingerprint density at radius 1 is 1.14 bits per heavy atom. The number of hydrogen-bond acceptors (Lipinski definition) is 6. The van der Waals surface area contributed by atoms with Crippen LogP contribution in [0.5, 0.6) is 0 Å². The number of benzene rings is 2. The first-order valence-electron chi connectivity index (χ1n) is 8.19. The Kier molecular flexibility index (Phi) is 5.90. The van der Waals surface area contributed by atoms with E-state index in [2.05, 4.69) is 20.8 Å². The Balaban J connectivity index is 1.55. The van der Waals surface area contributed by atoms with Crippen molar-refractivity contribution in [1.29, 1.82) is 0 Å². The lowest BCUT2D eigenvalue weighted by molar-refractivity contribution is -0.117. The zero-order valence-electron chi connectivity index (χ0n) is 14.8. The van der Waals surface area contributed by atoms with Crippen LogP contribution in [0.1, 0.15) is 5.56 Å². The van der Waals surface area contributed by atoms with Crippen molar-refractivity contribution in [2.75, 3.05) is 16.9 Å². The maximum absolute atomic E-state index is 13.5. The van der Waals surface area contributed by atoms with E-state index in [4.69, 9.17) is 5.84 Å². The molecule has 28 heavy (non-hydrogen) atoms. The molecule has 8 nitrogen and oxygen atoms in total. The van der Waals surface area contributed by atoms with E-state index in [0.717, 1.165) is 22.9 Å². The predicted octanol–water partition coefficient (Wildman–Crippen LogP) is 2.55. The highest BCUT2D eigenvalue weighted by Gasteiger charge is 2.15. The lowest BCUT2D eigenvalue weighted by atomic mass is 10.1. The van der Waals surface area contributed by atoms with Crippen LogP contribution in [-0.2, 0) is 4.79 Å².